The van der Waals surface area contributed by atoms with Crippen LogP contribution in [0.5, 0.6) is 0 Å². The monoisotopic (exact) mass is 229 g/mol. The molecule has 1 aromatic carbocycles. The van der Waals surface area contributed by atoms with Crippen molar-refractivity contribution in [1.29, 1.82) is 0 Å². The van der Waals surface area contributed by atoms with E-state index in [1.54, 1.807) is 6.07 Å². The number of nitrogens with one attached hydrogen (secondary N) is 1. The first-order valence-corrected chi connectivity index (χ1v) is 5.12. The number of rotatable bonds is 0. The average molecular weight is 230 g/mol. The molecule has 0 aromatic heterocycles. The number of fused-ring (bicyclic) bond motifs is 1. The van der Waals surface area contributed by atoms with Gasteiger partial charge in [-0.2, -0.15) is 0 Å². The fraction of sp³-hybridized carbons (Fsp3) is 0.300. The quantitative estimate of drug-likeness (QED) is 0.728. The Kier molecular flexibility index (Phi) is 2.41. The summed E-state index contributed by atoms with van der Waals surface area (Å²) >= 11 is 12.0. The lowest BCUT2D eigenvalue weighted by molar-refractivity contribution is -0.116. The van der Waals surface area contributed by atoms with Crippen molar-refractivity contribution in [2.24, 2.45) is 0 Å². The zero-order valence-electron chi connectivity index (χ0n) is 7.66. The predicted molar refractivity (Wildman–Crippen MR) is 58.1 cm³/mol. The first-order chi connectivity index (χ1) is 6.59. The third kappa shape index (κ3) is 1.49. The van der Waals surface area contributed by atoms with Crippen molar-refractivity contribution >= 4 is 34.8 Å². The van der Waals surface area contributed by atoms with E-state index in [0.29, 0.717) is 22.9 Å². The van der Waals surface area contributed by atoms with E-state index in [9.17, 15) is 4.79 Å². The molecule has 1 heterocycles. The minimum absolute atomic E-state index is 0.0149. The third-order valence-electron chi connectivity index (χ3n) is 2.47. The van der Waals surface area contributed by atoms with Crippen molar-refractivity contribution in [2.45, 2.75) is 19.8 Å². The van der Waals surface area contributed by atoms with Gasteiger partial charge in [0.2, 0.25) is 5.91 Å². The summed E-state index contributed by atoms with van der Waals surface area (Å²) in [6.07, 6.45) is 1.22. The summed E-state index contributed by atoms with van der Waals surface area (Å²) in [7, 11) is 0. The van der Waals surface area contributed by atoms with Crippen LogP contribution in [-0.4, -0.2) is 5.91 Å². The SMILES string of the molecule is Cc1c(Cl)cc(Cl)c2c1CCC(=O)N2. The van der Waals surface area contributed by atoms with E-state index in [1.165, 1.54) is 0 Å². The van der Waals surface area contributed by atoms with Crippen LogP contribution in [0, 0.1) is 6.92 Å². The van der Waals surface area contributed by atoms with Crippen molar-refractivity contribution < 1.29 is 4.79 Å². The van der Waals surface area contributed by atoms with Crippen LogP contribution in [0.25, 0.3) is 0 Å². The highest BCUT2D eigenvalue weighted by Gasteiger charge is 2.20. The van der Waals surface area contributed by atoms with Gasteiger partial charge in [-0.05, 0) is 30.5 Å². The predicted octanol–water partition coefficient (Wildman–Crippen LogP) is 3.19. The van der Waals surface area contributed by atoms with E-state index >= 15 is 0 Å². The Morgan fingerprint density at radius 1 is 1.29 bits per heavy atom. The number of anilines is 1. The summed E-state index contributed by atoms with van der Waals surface area (Å²) in [4.78, 5) is 11.2. The van der Waals surface area contributed by atoms with Crippen LogP contribution in [-0.2, 0) is 11.2 Å². The maximum atomic E-state index is 11.2. The molecule has 2 nitrogen and oxygen atoms in total. The fourth-order valence-corrected chi connectivity index (χ4v) is 2.21. The van der Waals surface area contributed by atoms with Crippen LogP contribution in [0.2, 0.25) is 10.0 Å². The molecule has 0 saturated heterocycles. The molecule has 0 fully saturated rings. The number of benzene rings is 1. The van der Waals surface area contributed by atoms with E-state index in [4.69, 9.17) is 23.2 Å². The molecule has 0 spiro atoms. The molecule has 0 aliphatic carbocycles. The topological polar surface area (TPSA) is 29.1 Å². The highest BCUT2D eigenvalue weighted by Crippen LogP contribution is 2.36. The van der Waals surface area contributed by atoms with Crippen LogP contribution in [0.1, 0.15) is 17.5 Å². The van der Waals surface area contributed by atoms with Gasteiger partial charge in [0, 0.05) is 11.4 Å². The second kappa shape index (κ2) is 3.44. The van der Waals surface area contributed by atoms with Crippen LogP contribution in [0.3, 0.4) is 0 Å². The molecule has 74 valence electrons. The summed E-state index contributed by atoms with van der Waals surface area (Å²) in [5, 5.41) is 3.94. The molecule has 1 aliphatic heterocycles. The number of amides is 1. The molecule has 4 heteroatoms. The second-order valence-electron chi connectivity index (χ2n) is 3.37. The molecule has 0 saturated carbocycles. The molecule has 0 unspecified atom stereocenters. The molecule has 0 radical (unpaired) electrons. The van der Waals surface area contributed by atoms with Crippen molar-refractivity contribution in [3.05, 3.63) is 27.2 Å². The van der Waals surface area contributed by atoms with E-state index < -0.39 is 0 Å². The van der Waals surface area contributed by atoms with Gasteiger partial charge in [0.25, 0.3) is 0 Å². The highest BCUT2D eigenvalue weighted by atomic mass is 35.5. The molecule has 1 N–H and O–H groups in total. The molecular weight excluding hydrogens is 221 g/mol. The molecule has 0 atom stereocenters. The Bertz CT molecular complexity index is 415. The maximum absolute atomic E-state index is 11.2. The average Bonchev–Trinajstić information content (AvgIpc) is 2.14. The zero-order chi connectivity index (χ0) is 10.3. The Labute approximate surface area is 92.2 Å². The maximum Gasteiger partial charge on any atom is 0.224 e. The van der Waals surface area contributed by atoms with Crippen molar-refractivity contribution in [3.8, 4) is 0 Å². The number of halogens is 2. The fourth-order valence-electron chi connectivity index (χ4n) is 1.66. The highest BCUT2D eigenvalue weighted by molar-refractivity contribution is 6.37. The Morgan fingerprint density at radius 3 is 2.71 bits per heavy atom. The smallest absolute Gasteiger partial charge is 0.224 e. The minimum atomic E-state index is 0.0149. The first kappa shape index (κ1) is 9.81. The first-order valence-electron chi connectivity index (χ1n) is 4.37. The van der Waals surface area contributed by atoms with Gasteiger partial charge in [-0.3, -0.25) is 4.79 Å². The van der Waals surface area contributed by atoms with E-state index in [2.05, 4.69) is 5.32 Å². The molecule has 1 aromatic rings. The van der Waals surface area contributed by atoms with E-state index in [1.807, 2.05) is 6.92 Å². The van der Waals surface area contributed by atoms with Gasteiger partial charge in [-0.1, -0.05) is 23.2 Å². The van der Waals surface area contributed by atoms with Crippen LogP contribution in [0.4, 0.5) is 5.69 Å². The van der Waals surface area contributed by atoms with E-state index in [-0.39, 0.29) is 5.91 Å². The van der Waals surface area contributed by atoms with Crippen LogP contribution >= 0.6 is 23.2 Å². The van der Waals surface area contributed by atoms with E-state index in [0.717, 1.165) is 16.8 Å². The lowest BCUT2D eigenvalue weighted by Gasteiger charge is -2.20. The Morgan fingerprint density at radius 2 is 2.00 bits per heavy atom. The number of carbonyl (C=O) groups is 1. The minimum Gasteiger partial charge on any atom is -0.325 e. The summed E-state index contributed by atoms with van der Waals surface area (Å²) in [5.74, 6) is 0.0149. The standard InChI is InChI=1S/C10H9Cl2NO/c1-5-6-2-3-9(14)13-10(6)8(12)4-7(5)11/h4H,2-3H2,1H3,(H,13,14). The van der Waals surface area contributed by atoms with Gasteiger partial charge in [-0.15, -0.1) is 0 Å². The Balaban J connectivity index is 2.62. The molecule has 2 rings (SSSR count). The number of hydrogen-bond acceptors (Lipinski definition) is 1. The third-order valence-corrected chi connectivity index (χ3v) is 3.16. The van der Waals surface area contributed by atoms with Gasteiger partial charge in [-0.25, -0.2) is 0 Å². The largest absolute Gasteiger partial charge is 0.325 e. The molecule has 0 bridgehead atoms. The lowest BCUT2D eigenvalue weighted by Crippen LogP contribution is -2.20. The van der Waals surface area contributed by atoms with Crippen molar-refractivity contribution in [2.75, 3.05) is 5.32 Å². The molecular formula is C10H9Cl2NO. The zero-order valence-corrected chi connectivity index (χ0v) is 9.17. The van der Waals surface area contributed by atoms with Crippen LogP contribution in [0.15, 0.2) is 6.07 Å². The summed E-state index contributed by atoms with van der Waals surface area (Å²) in [6, 6.07) is 1.67. The van der Waals surface area contributed by atoms with Gasteiger partial charge in [0.15, 0.2) is 0 Å². The number of carbonyl (C=O) groups excluding carboxylic acids is 1. The second-order valence-corrected chi connectivity index (χ2v) is 4.18. The summed E-state index contributed by atoms with van der Waals surface area (Å²) in [6.45, 7) is 1.94. The lowest BCUT2D eigenvalue weighted by atomic mass is 9.98. The van der Waals surface area contributed by atoms with Gasteiger partial charge < -0.3 is 5.32 Å². The van der Waals surface area contributed by atoms with Crippen LogP contribution < -0.4 is 5.32 Å². The number of hydrogen-bond donors (Lipinski definition) is 1. The Hall–Kier alpha value is -0.730. The summed E-state index contributed by atoms with van der Waals surface area (Å²) < 4.78 is 0. The molecule has 1 aliphatic rings. The normalized spacial score (nSPS) is 14.9. The van der Waals surface area contributed by atoms with Gasteiger partial charge in [0.05, 0.1) is 10.7 Å². The van der Waals surface area contributed by atoms with Crippen molar-refractivity contribution in [3.63, 3.8) is 0 Å². The molecule has 1 amide bonds. The van der Waals surface area contributed by atoms with Gasteiger partial charge >= 0.3 is 0 Å². The van der Waals surface area contributed by atoms with Crippen molar-refractivity contribution in [1.82, 2.24) is 0 Å². The molecule has 14 heavy (non-hydrogen) atoms. The van der Waals surface area contributed by atoms with Gasteiger partial charge in [0.1, 0.15) is 0 Å². The summed E-state index contributed by atoms with van der Waals surface area (Å²) in [5.41, 5.74) is 2.79.